The van der Waals surface area contributed by atoms with Crippen molar-refractivity contribution in [2.24, 2.45) is 0 Å². The lowest BCUT2D eigenvalue weighted by Crippen LogP contribution is -2.03. The summed E-state index contributed by atoms with van der Waals surface area (Å²) in [6.45, 7) is 0. The Morgan fingerprint density at radius 2 is 1.94 bits per heavy atom. The van der Waals surface area contributed by atoms with E-state index in [-0.39, 0.29) is 0 Å². The molecule has 16 heavy (non-hydrogen) atoms. The minimum absolute atomic E-state index is 0.298. The van der Waals surface area contributed by atoms with Crippen molar-refractivity contribution < 1.29 is 14.3 Å². The number of carbonyl (C=O) groups excluding carboxylic acids is 2. The Hall–Kier alpha value is -2.16. The molecule has 0 aliphatic carbocycles. The number of ketones is 1. The van der Waals surface area contributed by atoms with Crippen molar-refractivity contribution in [3.63, 3.8) is 0 Å². The predicted octanol–water partition coefficient (Wildman–Crippen LogP) is 2.23. The van der Waals surface area contributed by atoms with E-state index in [2.05, 4.69) is 0 Å². The van der Waals surface area contributed by atoms with Crippen molar-refractivity contribution in [2.75, 3.05) is 7.11 Å². The van der Waals surface area contributed by atoms with Crippen molar-refractivity contribution in [3.8, 4) is 5.75 Å². The Bertz CT molecular complexity index is 558. The summed E-state index contributed by atoms with van der Waals surface area (Å²) in [7, 11) is 1.49. The predicted molar refractivity (Wildman–Crippen MR) is 60.9 cm³/mol. The summed E-state index contributed by atoms with van der Waals surface area (Å²) in [5.41, 5.74) is 0.302. The van der Waals surface area contributed by atoms with Gasteiger partial charge in [-0.25, -0.2) is 0 Å². The van der Waals surface area contributed by atoms with E-state index in [0.717, 1.165) is 10.8 Å². The van der Waals surface area contributed by atoms with E-state index in [1.165, 1.54) is 7.11 Å². The topological polar surface area (TPSA) is 43.4 Å². The van der Waals surface area contributed by atoms with Crippen LogP contribution >= 0.6 is 0 Å². The standard InChI is InChI=1S/C13H10O3/c1-16-13-10-5-3-2-4-9(10)6-7-11(13)12(15)8-14/h2-8H,1H3. The van der Waals surface area contributed by atoms with Gasteiger partial charge in [-0.15, -0.1) is 0 Å². The van der Waals surface area contributed by atoms with Crippen LogP contribution in [0.5, 0.6) is 5.75 Å². The molecule has 0 aromatic heterocycles. The molecule has 0 aliphatic rings. The quantitative estimate of drug-likeness (QED) is 0.447. The minimum Gasteiger partial charge on any atom is -0.495 e. The fourth-order valence-corrected chi connectivity index (χ4v) is 1.72. The number of Topliss-reactive ketones (excluding diaryl/α,β-unsaturated/α-hetero) is 1. The van der Waals surface area contributed by atoms with Gasteiger partial charge in [-0.2, -0.15) is 0 Å². The van der Waals surface area contributed by atoms with E-state index in [0.29, 0.717) is 17.6 Å². The van der Waals surface area contributed by atoms with Crippen LogP contribution in [0.3, 0.4) is 0 Å². The molecule has 0 saturated heterocycles. The van der Waals surface area contributed by atoms with E-state index in [4.69, 9.17) is 4.74 Å². The van der Waals surface area contributed by atoms with Crippen molar-refractivity contribution in [1.82, 2.24) is 0 Å². The molecular formula is C13H10O3. The van der Waals surface area contributed by atoms with Crippen molar-refractivity contribution in [1.29, 1.82) is 0 Å². The maximum absolute atomic E-state index is 11.4. The third-order valence-corrected chi connectivity index (χ3v) is 2.46. The molecule has 2 rings (SSSR count). The Balaban J connectivity index is 2.77. The molecule has 0 atom stereocenters. The van der Waals surface area contributed by atoms with Gasteiger partial charge < -0.3 is 4.74 Å². The van der Waals surface area contributed by atoms with Gasteiger partial charge in [-0.1, -0.05) is 30.3 Å². The number of fused-ring (bicyclic) bond motifs is 1. The highest BCUT2D eigenvalue weighted by Crippen LogP contribution is 2.29. The molecule has 0 heterocycles. The molecule has 2 aromatic rings. The summed E-state index contributed by atoms with van der Waals surface area (Å²) >= 11 is 0. The van der Waals surface area contributed by atoms with Crippen LogP contribution in [-0.4, -0.2) is 19.2 Å². The first-order valence-corrected chi connectivity index (χ1v) is 4.83. The highest BCUT2D eigenvalue weighted by atomic mass is 16.5. The van der Waals surface area contributed by atoms with Gasteiger partial charge in [-0.3, -0.25) is 9.59 Å². The van der Waals surface area contributed by atoms with Crippen LogP contribution in [0.15, 0.2) is 36.4 Å². The highest BCUT2D eigenvalue weighted by Gasteiger charge is 2.13. The van der Waals surface area contributed by atoms with E-state index in [1.54, 1.807) is 12.1 Å². The first-order valence-electron chi connectivity index (χ1n) is 4.83. The summed E-state index contributed by atoms with van der Waals surface area (Å²) in [4.78, 5) is 21.9. The number of ether oxygens (including phenoxy) is 1. The number of rotatable bonds is 3. The van der Waals surface area contributed by atoms with Crippen LogP contribution in [0.2, 0.25) is 0 Å². The molecule has 0 fully saturated rings. The maximum Gasteiger partial charge on any atom is 0.229 e. The van der Waals surface area contributed by atoms with Crippen LogP contribution in [-0.2, 0) is 4.79 Å². The second-order valence-corrected chi connectivity index (χ2v) is 3.35. The number of benzene rings is 2. The Morgan fingerprint density at radius 1 is 1.19 bits per heavy atom. The molecule has 80 valence electrons. The molecule has 0 amide bonds. The molecule has 0 aliphatic heterocycles. The van der Waals surface area contributed by atoms with Gasteiger partial charge in [0.2, 0.25) is 5.78 Å². The van der Waals surface area contributed by atoms with Gasteiger partial charge in [0.05, 0.1) is 12.7 Å². The van der Waals surface area contributed by atoms with Crippen LogP contribution in [0.1, 0.15) is 10.4 Å². The molecule has 3 heteroatoms. The molecule has 0 bridgehead atoms. The summed E-state index contributed by atoms with van der Waals surface area (Å²) in [6.07, 6.45) is 0.298. The number of aldehydes is 1. The number of carbonyl (C=O) groups is 2. The average Bonchev–Trinajstić information content (AvgIpc) is 2.36. The number of hydrogen-bond donors (Lipinski definition) is 0. The Morgan fingerprint density at radius 3 is 2.62 bits per heavy atom. The minimum atomic E-state index is -0.567. The summed E-state index contributed by atoms with van der Waals surface area (Å²) in [6, 6.07) is 11.0. The van der Waals surface area contributed by atoms with Crippen LogP contribution in [0, 0.1) is 0 Å². The highest BCUT2D eigenvalue weighted by molar-refractivity contribution is 6.34. The van der Waals surface area contributed by atoms with Gasteiger partial charge in [0.15, 0.2) is 6.29 Å². The van der Waals surface area contributed by atoms with Crippen molar-refractivity contribution in [2.45, 2.75) is 0 Å². The fourth-order valence-electron chi connectivity index (χ4n) is 1.72. The first-order chi connectivity index (χ1) is 7.77. The number of methoxy groups -OCH3 is 1. The second-order valence-electron chi connectivity index (χ2n) is 3.35. The first kappa shape index (κ1) is 10.4. The van der Waals surface area contributed by atoms with Gasteiger partial charge >= 0.3 is 0 Å². The van der Waals surface area contributed by atoms with Crippen molar-refractivity contribution in [3.05, 3.63) is 42.0 Å². The zero-order chi connectivity index (χ0) is 11.5. The molecular weight excluding hydrogens is 204 g/mol. The fraction of sp³-hybridized carbons (Fsp3) is 0.0769. The lowest BCUT2D eigenvalue weighted by atomic mass is 10.0. The molecule has 0 radical (unpaired) electrons. The SMILES string of the molecule is COc1c(C(=O)C=O)ccc2ccccc12. The van der Waals surface area contributed by atoms with Gasteiger partial charge in [0.25, 0.3) is 0 Å². The zero-order valence-electron chi connectivity index (χ0n) is 8.77. The molecule has 0 unspecified atom stereocenters. The van der Waals surface area contributed by atoms with Crippen LogP contribution in [0.25, 0.3) is 10.8 Å². The monoisotopic (exact) mass is 214 g/mol. The number of hydrogen-bond acceptors (Lipinski definition) is 3. The average molecular weight is 214 g/mol. The normalized spacial score (nSPS) is 10.1. The Kier molecular flexibility index (Phi) is 2.68. The van der Waals surface area contributed by atoms with E-state index >= 15 is 0 Å². The summed E-state index contributed by atoms with van der Waals surface area (Å²) in [5.74, 6) is -0.113. The van der Waals surface area contributed by atoms with Crippen LogP contribution < -0.4 is 4.74 Å². The molecule has 0 N–H and O–H groups in total. The van der Waals surface area contributed by atoms with Gasteiger partial charge in [-0.05, 0) is 11.5 Å². The molecule has 0 spiro atoms. The third-order valence-electron chi connectivity index (χ3n) is 2.46. The third kappa shape index (κ3) is 1.56. The molecule has 0 saturated carbocycles. The summed E-state index contributed by atoms with van der Waals surface area (Å²) < 4.78 is 5.20. The second kappa shape index (κ2) is 4.14. The lowest BCUT2D eigenvalue weighted by molar-refractivity contribution is -0.104. The van der Waals surface area contributed by atoms with Gasteiger partial charge in [0, 0.05) is 5.39 Å². The van der Waals surface area contributed by atoms with E-state index in [1.807, 2.05) is 24.3 Å². The lowest BCUT2D eigenvalue weighted by Gasteiger charge is -2.08. The Labute approximate surface area is 92.6 Å². The molecule has 2 aromatic carbocycles. The zero-order valence-corrected chi connectivity index (χ0v) is 8.77. The van der Waals surface area contributed by atoms with E-state index in [9.17, 15) is 9.59 Å². The van der Waals surface area contributed by atoms with Gasteiger partial charge in [0.1, 0.15) is 5.75 Å². The molecule has 3 nitrogen and oxygen atoms in total. The maximum atomic E-state index is 11.4. The largest absolute Gasteiger partial charge is 0.495 e. The van der Waals surface area contributed by atoms with Crippen molar-refractivity contribution >= 4 is 22.8 Å². The smallest absolute Gasteiger partial charge is 0.229 e. The van der Waals surface area contributed by atoms with Crippen LogP contribution in [0.4, 0.5) is 0 Å². The summed E-state index contributed by atoms with van der Waals surface area (Å²) in [5, 5.41) is 1.81. The van der Waals surface area contributed by atoms with E-state index < -0.39 is 5.78 Å².